The lowest BCUT2D eigenvalue weighted by Crippen LogP contribution is -2.47. The molecule has 1 amide bonds. The Kier molecular flexibility index (Phi) is 4.28. The summed E-state index contributed by atoms with van der Waals surface area (Å²) in [7, 11) is 0. The molecule has 0 saturated carbocycles. The Hall–Kier alpha value is -1.46. The van der Waals surface area contributed by atoms with Crippen LogP contribution in [0.3, 0.4) is 0 Å². The van der Waals surface area contributed by atoms with Crippen molar-refractivity contribution in [2.75, 3.05) is 26.3 Å². The van der Waals surface area contributed by atoms with E-state index in [2.05, 4.69) is 5.32 Å². The molecular weight excluding hydrogens is 248 g/mol. The fourth-order valence-corrected chi connectivity index (χ4v) is 2.11. The first-order valence-corrected chi connectivity index (χ1v) is 6.33. The molecular formula is C13H16N2O2S. The van der Waals surface area contributed by atoms with Gasteiger partial charge in [0.05, 0.1) is 13.2 Å². The van der Waals surface area contributed by atoms with Crippen LogP contribution in [-0.2, 0) is 4.74 Å². The van der Waals surface area contributed by atoms with Crippen LogP contribution in [0, 0.1) is 6.92 Å². The zero-order chi connectivity index (χ0) is 13.0. The van der Waals surface area contributed by atoms with Gasteiger partial charge in [-0.1, -0.05) is 18.2 Å². The van der Waals surface area contributed by atoms with Crippen LogP contribution in [0.4, 0.5) is 0 Å². The fraction of sp³-hybridized carbons (Fsp3) is 0.385. The Morgan fingerprint density at radius 3 is 2.67 bits per heavy atom. The maximum atomic E-state index is 12.1. The predicted molar refractivity (Wildman–Crippen MR) is 73.6 cm³/mol. The average Bonchev–Trinajstić information content (AvgIpc) is 2.40. The molecule has 0 spiro atoms. The van der Waals surface area contributed by atoms with Crippen LogP contribution in [0.25, 0.3) is 0 Å². The number of aryl methyl sites for hydroxylation is 1. The third kappa shape index (κ3) is 3.05. The number of benzene rings is 1. The first-order chi connectivity index (χ1) is 8.68. The van der Waals surface area contributed by atoms with Gasteiger partial charge >= 0.3 is 0 Å². The van der Waals surface area contributed by atoms with E-state index in [0.717, 1.165) is 18.7 Å². The highest BCUT2D eigenvalue weighted by Crippen LogP contribution is 2.07. The number of nitrogens with zero attached hydrogens (tertiary/aromatic N) is 1. The summed E-state index contributed by atoms with van der Waals surface area (Å²) in [5.41, 5.74) is 1.60. The Bertz CT molecular complexity index is 456. The smallest absolute Gasteiger partial charge is 0.257 e. The van der Waals surface area contributed by atoms with E-state index in [0.29, 0.717) is 23.9 Å². The Morgan fingerprint density at radius 2 is 2.00 bits per heavy atom. The van der Waals surface area contributed by atoms with Gasteiger partial charge in [-0.05, 0) is 30.8 Å². The highest BCUT2D eigenvalue weighted by atomic mass is 32.1. The number of ether oxygens (including phenoxy) is 1. The molecule has 1 heterocycles. The number of hydrogen-bond donors (Lipinski definition) is 1. The molecule has 1 fully saturated rings. The third-order valence-electron chi connectivity index (χ3n) is 2.91. The summed E-state index contributed by atoms with van der Waals surface area (Å²) in [4.78, 5) is 14.0. The van der Waals surface area contributed by atoms with Crippen LogP contribution >= 0.6 is 12.2 Å². The van der Waals surface area contributed by atoms with Gasteiger partial charge < -0.3 is 9.64 Å². The first kappa shape index (κ1) is 13.0. The van der Waals surface area contributed by atoms with Crippen molar-refractivity contribution < 1.29 is 9.53 Å². The topological polar surface area (TPSA) is 41.6 Å². The number of nitrogens with one attached hydrogen (secondary N) is 1. The SMILES string of the molecule is Cc1ccccc1C(=O)NC(=S)N1CCOCC1. The molecule has 0 unspecified atom stereocenters. The third-order valence-corrected chi connectivity index (χ3v) is 3.27. The maximum Gasteiger partial charge on any atom is 0.257 e. The van der Waals surface area contributed by atoms with Gasteiger partial charge in [-0.3, -0.25) is 10.1 Å². The van der Waals surface area contributed by atoms with Crippen molar-refractivity contribution in [2.45, 2.75) is 6.92 Å². The van der Waals surface area contributed by atoms with Crippen LogP contribution in [0.2, 0.25) is 0 Å². The molecule has 0 atom stereocenters. The van der Waals surface area contributed by atoms with E-state index in [9.17, 15) is 4.79 Å². The molecule has 1 aliphatic rings. The fourth-order valence-electron chi connectivity index (χ4n) is 1.84. The number of amides is 1. The average molecular weight is 264 g/mol. The van der Waals surface area contributed by atoms with Gasteiger partial charge in [0.1, 0.15) is 0 Å². The lowest BCUT2D eigenvalue weighted by molar-refractivity contribution is 0.0669. The molecule has 18 heavy (non-hydrogen) atoms. The molecule has 0 aromatic heterocycles. The standard InChI is InChI=1S/C13H16N2O2S/c1-10-4-2-3-5-11(10)12(16)14-13(18)15-6-8-17-9-7-15/h2-5H,6-9H2,1H3,(H,14,16,18). The predicted octanol–water partition coefficient (Wildman–Crippen LogP) is 1.34. The molecule has 1 saturated heterocycles. The van der Waals surface area contributed by atoms with Crippen molar-refractivity contribution in [2.24, 2.45) is 0 Å². The number of hydrogen-bond acceptors (Lipinski definition) is 3. The Morgan fingerprint density at radius 1 is 1.33 bits per heavy atom. The zero-order valence-corrected chi connectivity index (χ0v) is 11.1. The highest BCUT2D eigenvalue weighted by Gasteiger charge is 2.16. The first-order valence-electron chi connectivity index (χ1n) is 5.92. The molecule has 96 valence electrons. The minimum Gasteiger partial charge on any atom is -0.378 e. The number of rotatable bonds is 1. The summed E-state index contributed by atoms with van der Waals surface area (Å²) in [5.74, 6) is -0.149. The molecule has 5 heteroatoms. The van der Waals surface area contributed by atoms with Crippen molar-refractivity contribution >= 4 is 23.2 Å². The van der Waals surface area contributed by atoms with Gasteiger partial charge in [-0.25, -0.2) is 0 Å². The van der Waals surface area contributed by atoms with Crippen molar-refractivity contribution in [3.05, 3.63) is 35.4 Å². The van der Waals surface area contributed by atoms with Gasteiger partial charge in [0.25, 0.3) is 5.91 Å². The van der Waals surface area contributed by atoms with Gasteiger partial charge in [-0.2, -0.15) is 0 Å². The van der Waals surface area contributed by atoms with E-state index in [-0.39, 0.29) is 5.91 Å². The van der Waals surface area contributed by atoms with Crippen LogP contribution < -0.4 is 5.32 Å². The molecule has 1 aromatic carbocycles. The molecule has 1 aliphatic heterocycles. The summed E-state index contributed by atoms with van der Waals surface area (Å²) in [6.45, 7) is 4.67. The van der Waals surface area contributed by atoms with E-state index < -0.39 is 0 Å². The Balaban J connectivity index is 1.99. The maximum absolute atomic E-state index is 12.1. The summed E-state index contributed by atoms with van der Waals surface area (Å²) in [6, 6.07) is 7.46. The Labute approximate surface area is 112 Å². The largest absolute Gasteiger partial charge is 0.378 e. The highest BCUT2D eigenvalue weighted by molar-refractivity contribution is 7.80. The van der Waals surface area contributed by atoms with E-state index >= 15 is 0 Å². The normalized spacial score (nSPS) is 15.3. The molecule has 0 bridgehead atoms. The summed E-state index contributed by atoms with van der Waals surface area (Å²) in [6.07, 6.45) is 0. The van der Waals surface area contributed by atoms with E-state index in [1.54, 1.807) is 6.07 Å². The molecule has 0 radical (unpaired) electrons. The van der Waals surface area contributed by atoms with Crippen molar-refractivity contribution in [3.8, 4) is 0 Å². The molecule has 1 aromatic rings. The molecule has 4 nitrogen and oxygen atoms in total. The van der Waals surface area contributed by atoms with E-state index in [1.807, 2.05) is 30.0 Å². The quantitative estimate of drug-likeness (QED) is 0.777. The second-order valence-corrected chi connectivity index (χ2v) is 4.56. The van der Waals surface area contributed by atoms with Crippen molar-refractivity contribution in [1.29, 1.82) is 0 Å². The monoisotopic (exact) mass is 264 g/mol. The minimum atomic E-state index is -0.149. The van der Waals surface area contributed by atoms with Crippen LogP contribution in [0.1, 0.15) is 15.9 Å². The summed E-state index contributed by atoms with van der Waals surface area (Å²) < 4.78 is 5.24. The summed E-state index contributed by atoms with van der Waals surface area (Å²) in [5, 5.41) is 3.25. The van der Waals surface area contributed by atoms with E-state index in [4.69, 9.17) is 17.0 Å². The molecule has 1 N–H and O–H groups in total. The van der Waals surface area contributed by atoms with Gasteiger partial charge in [-0.15, -0.1) is 0 Å². The van der Waals surface area contributed by atoms with Gasteiger partial charge in [0, 0.05) is 18.7 Å². The van der Waals surface area contributed by atoms with Crippen molar-refractivity contribution in [3.63, 3.8) is 0 Å². The number of carbonyl (C=O) groups is 1. The van der Waals surface area contributed by atoms with Crippen LogP contribution in [0.5, 0.6) is 0 Å². The van der Waals surface area contributed by atoms with Crippen molar-refractivity contribution in [1.82, 2.24) is 10.2 Å². The number of carbonyl (C=O) groups excluding carboxylic acids is 1. The lowest BCUT2D eigenvalue weighted by Gasteiger charge is -2.29. The van der Waals surface area contributed by atoms with Gasteiger partial charge in [0.15, 0.2) is 5.11 Å². The molecule has 0 aliphatic carbocycles. The lowest BCUT2D eigenvalue weighted by atomic mass is 10.1. The second-order valence-electron chi connectivity index (χ2n) is 4.17. The minimum absolute atomic E-state index is 0.149. The summed E-state index contributed by atoms with van der Waals surface area (Å²) >= 11 is 5.23. The van der Waals surface area contributed by atoms with Gasteiger partial charge in [0.2, 0.25) is 0 Å². The molecule has 2 rings (SSSR count). The number of morpholine rings is 1. The zero-order valence-electron chi connectivity index (χ0n) is 10.3. The van der Waals surface area contributed by atoms with Crippen LogP contribution in [-0.4, -0.2) is 42.2 Å². The van der Waals surface area contributed by atoms with Crippen LogP contribution in [0.15, 0.2) is 24.3 Å². The number of thiocarbonyl (C=S) groups is 1. The van der Waals surface area contributed by atoms with E-state index in [1.165, 1.54) is 0 Å². The second kappa shape index (κ2) is 5.93.